The minimum absolute atomic E-state index is 0.0212. The summed E-state index contributed by atoms with van der Waals surface area (Å²) in [6.45, 7) is 4.97. The Balaban J connectivity index is 3.30. The molecule has 0 saturated carbocycles. The number of carbonyl (C=O) groups is 2. The third kappa shape index (κ3) is 56.2. The number of ether oxygens (including phenoxy) is 1. The van der Waals surface area contributed by atoms with E-state index >= 15 is 0 Å². The molecule has 0 aliphatic rings. The van der Waals surface area contributed by atoms with Crippen LogP contribution in [-0.4, -0.2) is 47.4 Å². The molecule has 70 heavy (non-hydrogen) atoms. The summed E-state index contributed by atoms with van der Waals surface area (Å²) in [5, 5.41) is 23.2. The SMILES string of the molecule is CCCCCCCCCCCCCCCCCCCCCC(=O)OCCCCCCCCCCCCCCCCCCCCCCCCCCC(=O)NC(CO)C(O)CCCCCCCCCCCC. The van der Waals surface area contributed by atoms with Crippen LogP contribution in [0.5, 0.6) is 0 Å². The number of amides is 1. The van der Waals surface area contributed by atoms with E-state index in [1.54, 1.807) is 0 Å². The number of aliphatic hydroxyl groups is 2. The number of aliphatic hydroxyl groups excluding tert-OH is 2. The van der Waals surface area contributed by atoms with Gasteiger partial charge in [-0.2, -0.15) is 0 Å². The number of rotatable bonds is 61. The molecule has 6 heteroatoms. The first-order valence-electron chi connectivity index (χ1n) is 32.3. The van der Waals surface area contributed by atoms with Crippen LogP contribution in [0.4, 0.5) is 0 Å². The zero-order valence-electron chi connectivity index (χ0n) is 47.8. The van der Waals surface area contributed by atoms with Gasteiger partial charge in [0.1, 0.15) is 0 Å². The summed E-state index contributed by atoms with van der Waals surface area (Å²) in [6, 6.07) is -0.537. The second-order valence-corrected chi connectivity index (χ2v) is 22.5. The Hall–Kier alpha value is -1.14. The average Bonchev–Trinajstić information content (AvgIpc) is 3.36. The second-order valence-electron chi connectivity index (χ2n) is 22.5. The Morgan fingerprint density at radius 2 is 0.586 bits per heavy atom. The highest BCUT2D eigenvalue weighted by Gasteiger charge is 2.20. The van der Waals surface area contributed by atoms with Crippen LogP contribution in [-0.2, 0) is 14.3 Å². The van der Waals surface area contributed by atoms with Crippen molar-refractivity contribution in [3.8, 4) is 0 Å². The molecule has 0 heterocycles. The number of unbranched alkanes of at least 4 members (excludes halogenated alkanes) is 50. The van der Waals surface area contributed by atoms with Crippen molar-refractivity contribution in [2.24, 2.45) is 0 Å². The highest BCUT2D eigenvalue weighted by atomic mass is 16.5. The van der Waals surface area contributed by atoms with E-state index in [1.807, 2.05) is 0 Å². The highest BCUT2D eigenvalue weighted by molar-refractivity contribution is 5.76. The smallest absolute Gasteiger partial charge is 0.305 e. The van der Waals surface area contributed by atoms with E-state index < -0.39 is 12.1 Å². The van der Waals surface area contributed by atoms with Crippen molar-refractivity contribution in [3.63, 3.8) is 0 Å². The molecule has 0 fully saturated rings. The molecule has 0 aliphatic carbocycles. The quantitative estimate of drug-likeness (QED) is 0.0417. The third-order valence-corrected chi connectivity index (χ3v) is 15.4. The molecule has 1 amide bonds. The Labute approximate surface area is 438 Å². The molecule has 418 valence electrons. The maximum Gasteiger partial charge on any atom is 0.305 e. The standard InChI is InChI=1S/C64H127NO5/c1-3-5-7-9-11-13-15-16-17-18-25-29-32-35-38-42-46-50-54-58-64(69)70-59-55-51-47-43-39-36-33-30-27-24-22-20-19-21-23-26-28-31-34-37-41-45-49-53-57-63(68)65-61(60-66)62(67)56-52-48-44-40-14-12-10-8-6-4-2/h61-62,66-67H,3-60H2,1-2H3,(H,65,68). The first kappa shape index (κ1) is 68.9. The molecule has 0 rings (SSSR count). The molecular formula is C64H127NO5. The fourth-order valence-corrected chi connectivity index (χ4v) is 10.5. The van der Waals surface area contributed by atoms with Crippen LogP contribution in [0, 0.1) is 0 Å². The van der Waals surface area contributed by atoms with Crippen molar-refractivity contribution in [2.75, 3.05) is 13.2 Å². The first-order chi connectivity index (χ1) is 34.5. The second kappa shape index (κ2) is 60.4. The molecule has 0 aromatic carbocycles. The zero-order chi connectivity index (χ0) is 50.7. The number of hydrogen-bond acceptors (Lipinski definition) is 5. The van der Waals surface area contributed by atoms with Gasteiger partial charge in [0.2, 0.25) is 5.91 Å². The van der Waals surface area contributed by atoms with Gasteiger partial charge in [-0.15, -0.1) is 0 Å². The van der Waals surface area contributed by atoms with Gasteiger partial charge in [0, 0.05) is 12.8 Å². The van der Waals surface area contributed by atoms with Gasteiger partial charge in [0.15, 0.2) is 0 Å². The Morgan fingerprint density at radius 1 is 0.343 bits per heavy atom. The predicted molar refractivity (Wildman–Crippen MR) is 306 cm³/mol. The maximum atomic E-state index is 12.4. The van der Waals surface area contributed by atoms with Crippen molar-refractivity contribution < 1.29 is 24.5 Å². The zero-order valence-corrected chi connectivity index (χ0v) is 47.8. The van der Waals surface area contributed by atoms with E-state index in [0.29, 0.717) is 25.9 Å². The van der Waals surface area contributed by atoms with Gasteiger partial charge in [-0.3, -0.25) is 9.59 Å². The average molecular weight is 991 g/mol. The molecule has 6 nitrogen and oxygen atoms in total. The van der Waals surface area contributed by atoms with E-state index in [4.69, 9.17) is 4.74 Å². The van der Waals surface area contributed by atoms with Gasteiger partial charge in [-0.05, 0) is 25.7 Å². The Morgan fingerprint density at radius 3 is 0.871 bits per heavy atom. The molecule has 0 aromatic heterocycles. The number of carbonyl (C=O) groups excluding carboxylic acids is 2. The normalized spacial score (nSPS) is 12.5. The van der Waals surface area contributed by atoms with Crippen molar-refractivity contribution in [2.45, 2.75) is 386 Å². The fraction of sp³-hybridized carbons (Fsp3) is 0.969. The van der Waals surface area contributed by atoms with E-state index in [0.717, 1.165) is 38.5 Å². The van der Waals surface area contributed by atoms with E-state index in [-0.39, 0.29) is 18.5 Å². The van der Waals surface area contributed by atoms with Crippen molar-refractivity contribution in [3.05, 3.63) is 0 Å². The molecule has 0 saturated heterocycles. The van der Waals surface area contributed by atoms with Gasteiger partial charge in [-0.1, -0.05) is 335 Å². The summed E-state index contributed by atoms with van der Waals surface area (Å²) >= 11 is 0. The summed E-state index contributed by atoms with van der Waals surface area (Å²) < 4.78 is 5.51. The van der Waals surface area contributed by atoms with Crippen molar-refractivity contribution in [1.82, 2.24) is 5.32 Å². The van der Waals surface area contributed by atoms with Crippen LogP contribution < -0.4 is 5.32 Å². The molecule has 2 unspecified atom stereocenters. The lowest BCUT2D eigenvalue weighted by Crippen LogP contribution is -2.45. The number of hydrogen-bond donors (Lipinski definition) is 3. The molecule has 0 radical (unpaired) electrons. The van der Waals surface area contributed by atoms with E-state index in [1.165, 1.54) is 302 Å². The van der Waals surface area contributed by atoms with Crippen LogP contribution in [0.25, 0.3) is 0 Å². The Bertz CT molecular complexity index is 1010. The monoisotopic (exact) mass is 990 g/mol. The third-order valence-electron chi connectivity index (χ3n) is 15.4. The van der Waals surface area contributed by atoms with Gasteiger partial charge in [0.25, 0.3) is 0 Å². The van der Waals surface area contributed by atoms with Gasteiger partial charge >= 0.3 is 5.97 Å². The lowest BCUT2D eigenvalue weighted by atomic mass is 10.0. The van der Waals surface area contributed by atoms with Gasteiger partial charge < -0.3 is 20.3 Å². The first-order valence-corrected chi connectivity index (χ1v) is 32.3. The maximum absolute atomic E-state index is 12.4. The van der Waals surface area contributed by atoms with E-state index in [2.05, 4.69) is 19.2 Å². The van der Waals surface area contributed by atoms with Crippen LogP contribution >= 0.6 is 0 Å². The molecular weight excluding hydrogens is 863 g/mol. The van der Waals surface area contributed by atoms with Crippen molar-refractivity contribution in [1.29, 1.82) is 0 Å². The van der Waals surface area contributed by atoms with E-state index in [9.17, 15) is 19.8 Å². The summed E-state index contributed by atoms with van der Waals surface area (Å²) in [4.78, 5) is 24.5. The van der Waals surface area contributed by atoms with Crippen molar-refractivity contribution >= 4 is 11.9 Å². The van der Waals surface area contributed by atoms with Crippen LogP contribution in [0.1, 0.15) is 373 Å². The fourth-order valence-electron chi connectivity index (χ4n) is 10.5. The molecule has 3 N–H and O–H groups in total. The summed E-state index contributed by atoms with van der Waals surface area (Å²) in [7, 11) is 0. The predicted octanol–water partition coefficient (Wildman–Crippen LogP) is 20.3. The molecule has 2 atom stereocenters. The Kier molecular flexibility index (Phi) is 59.4. The largest absolute Gasteiger partial charge is 0.466 e. The summed E-state index contributed by atoms with van der Waals surface area (Å²) in [6.07, 6.45) is 71.4. The minimum atomic E-state index is -0.660. The number of esters is 1. The van der Waals surface area contributed by atoms with Crippen LogP contribution in [0.15, 0.2) is 0 Å². The van der Waals surface area contributed by atoms with Crippen LogP contribution in [0.2, 0.25) is 0 Å². The molecule has 0 aromatic rings. The molecule has 0 spiro atoms. The lowest BCUT2D eigenvalue weighted by molar-refractivity contribution is -0.143. The van der Waals surface area contributed by atoms with Gasteiger partial charge in [-0.25, -0.2) is 0 Å². The topological polar surface area (TPSA) is 95.9 Å². The highest BCUT2D eigenvalue weighted by Crippen LogP contribution is 2.19. The summed E-state index contributed by atoms with van der Waals surface area (Å²) in [5.41, 5.74) is 0. The minimum Gasteiger partial charge on any atom is -0.466 e. The van der Waals surface area contributed by atoms with Gasteiger partial charge in [0.05, 0.1) is 25.4 Å². The summed E-state index contributed by atoms with van der Waals surface area (Å²) in [5.74, 6) is -0.0121. The number of nitrogens with one attached hydrogen (secondary N) is 1. The molecule has 0 aliphatic heterocycles. The molecule has 0 bridgehead atoms. The van der Waals surface area contributed by atoms with Crippen LogP contribution in [0.3, 0.4) is 0 Å². The lowest BCUT2D eigenvalue weighted by Gasteiger charge is -2.22.